The molecule has 0 spiro atoms. The Balaban J connectivity index is 1.72. The SMILES string of the molecule is O=C(O)CC[C@H](NC(=O)c1cccc(C(=O)ON2C(=O)CCC2=O)c1)C(=O)N[C@@H](CCC(=O)O)C(=O)N[C@@H](CCC(=O)O)C(=O)N[C@@H](CCCCNC(=O)c1cccc([125I])c1)C(=O)O. The molecule has 0 aliphatic carbocycles. The molecular weight excluding hydrogens is 961 g/mol. The van der Waals surface area contributed by atoms with Gasteiger partial charge in [-0.1, -0.05) is 12.1 Å². The van der Waals surface area contributed by atoms with Crippen molar-refractivity contribution in [3.05, 3.63) is 68.8 Å². The van der Waals surface area contributed by atoms with E-state index in [4.69, 9.17) is 4.84 Å². The van der Waals surface area contributed by atoms with Gasteiger partial charge in [-0.15, -0.1) is 5.06 Å². The largest absolute Gasteiger partial charge is 0.481 e. The molecule has 23 nitrogen and oxygen atoms in total. The maximum absolute atomic E-state index is 13.6. The number of carboxylic acids is 4. The Morgan fingerprint density at radius 1 is 0.578 bits per heavy atom. The number of unbranched alkanes of at least 4 members (excludes halogenated alkanes) is 1. The molecule has 4 atom stereocenters. The van der Waals surface area contributed by atoms with Crippen LogP contribution in [0.4, 0.5) is 0 Å². The number of rotatable bonds is 26. The zero-order valence-corrected chi connectivity index (χ0v) is 36.0. The summed E-state index contributed by atoms with van der Waals surface area (Å²) in [4.78, 5) is 154. The number of hydrogen-bond donors (Lipinski definition) is 9. The first-order valence-corrected chi connectivity index (χ1v) is 20.7. The number of nitrogens with one attached hydrogen (secondary N) is 5. The smallest absolute Gasteiger partial charge is 0.363 e. The van der Waals surface area contributed by atoms with Crippen molar-refractivity contribution in [1.29, 1.82) is 0 Å². The van der Waals surface area contributed by atoms with Gasteiger partial charge in [0.15, 0.2) is 0 Å². The first kappa shape index (κ1) is 51.4. The number of aliphatic carboxylic acids is 4. The Labute approximate surface area is 377 Å². The van der Waals surface area contributed by atoms with E-state index in [-0.39, 0.29) is 54.3 Å². The van der Waals surface area contributed by atoms with Crippen molar-refractivity contribution in [3.63, 3.8) is 0 Å². The lowest BCUT2D eigenvalue weighted by Gasteiger charge is -2.26. The quantitative estimate of drug-likeness (QED) is 0.0349. The fourth-order valence-corrected chi connectivity index (χ4v) is 6.46. The van der Waals surface area contributed by atoms with Crippen LogP contribution in [0.1, 0.15) is 102 Å². The summed E-state index contributed by atoms with van der Waals surface area (Å²) in [6.45, 7) is 0.170. The van der Waals surface area contributed by atoms with Crippen LogP contribution in [0.25, 0.3) is 0 Å². The molecule has 0 radical (unpaired) electrons. The van der Waals surface area contributed by atoms with Gasteiger partial charge in [-0.05, 0) is 97.5 Å². The van der Waals surface area contributed by atoms with Crippen LogP contribution < -0.4 is 26.6 Å². The molecule has 0 aromatic heterocycles. The predicted octanol–water partition coefficient (Wildman–Crippen LogP) is 0.344. The molecule has 1 fully saturated rings. The van der Waals surface area contributed by atoms with E-state index >= 15 is 0 Å². The van der Waals surface area contributed by atoms with Gasteiger partial charge in [0, 0.05) is 53.3 Å². The molecule has 9 N–H and O–H groups in total. The summed E-state index contributed by atoms with van der Waals surface area (Å²) in [5.41, 5.74) is -0.155. The number of carboxylic acid groups (broad SMARTS) is 4. The van der Waals surface area contributed by atoms with E-state index in [1.165, 1.54) is 18.2 Å². The Hall–Kier alpha value is -6.99. The summed E-state index contributed by atoms with van der Waals surface area (Å²) in [5.74, 6) is -13.4. The van der Waals surface area contributed by atoms with Gasteiger partial charge < -0.3 is 51.8 Å². The van der Waals surface area contributed by atoms with Crippen LogP contribution in [0.15, 0.2) is 48.5 Å². The Morgan fingerprint density at radius 3 is 1.52 bits per heavy atom. The molecule has 1 aliphatic rings. The maximum Gasteiger partial charge on any atom is 0.363 e. The highest BCUT2D eigenvalue weighted by molar-refractivity contribution is 14.1. The highest BCUT2D eigenvalue weighted by atomic mass is 125. The van der Waals surface area contributed by atoms with Crippen LogP contribution in [0, 0.1) is 3.57 Å². The number of amides is 7. The van der Waals surface area contributed by atoms with Gasteiger partial charge in [0.2, 0.25) is 17.7 Å². The second-order valence-corrected chi connectivity index (χ2v) is 15.4. The predicted molar refractivity (Wildman–Crippen MR) is 224 cm³/mol. The summed E-state index contributed by atoms with van der Waals surface area (Å²) >= 11 is 2.05. The molecule has 0 bridgehead atoms. The third-order valence-corrected chi connectivity index (χ3v) is 9.95. The zero-order chi connectivity index (χ0) is 47.5. The number of halogens is 1. The number of hydrogen-bond acceptors (Lipinski definition) is 13. The van der Waals surface area contributed by atoms with E-state index in [0.29, 0.717) is 12.0 Å². The van der Waals surface area contributed by atoms with Crippen LogP contribution in [0.5, 0.6) is 0 Å². The normalized spacial score (nSPS) is 13.9. The molecule has 64 heavy (non-hydrogen) atoms. The molecule has 1 aliphatic heterocycles. The van der Waals surface area contributed by atoms with Crippen LogP contribution in [0.3, 0.4) is 0 Å². The summed E-state index contributed by atoms with van der Waals surface area (Å²) in [5, 5.41) is 49.8. The third kappa shape index (κ3) is 17.1. The van der Waals surface area contributed by atoms with Crippen molar-refractivity contribution in [2.24, 2.45) is 0 Å². The molecule has 0 unspecified atom stereocenters. The number of carbonyl (C=O) groups excluding carboxylic acids is 8. The fourth-order valence-electron chi connectivity index (χ4n) is 5.91. The number of carbonyl (C=O) groups is 12. The maximum atomic E-state index is 13.6. The molecular formula is C40H45IN6O17. The number of imide groups is 1. The fraction of sp³-hybridized carbons (Fsp3) is 0.400. The number of benzene rings is 2. The first-order chi connectivity index (χ1) is 30.2. The van der Waals surface area contributed by atoms with Crippen molar-refractivity contribution in [2.45, 2.75) is 94.8 Å². The Kier molecular flexibility index (Phi) is 20.2. The van der Waals surface area contributed by atoms with Crippen LogP contribution in [-0.4, -0.2) is 127 Å². The van der Waals surface area contributed by atoms with Crippen molar-refractivity contribution < 1.29 is 82.8 Å². The monoisotopic (exact) mass is 1010 g/mol. The minimum Gasteiger partial charge on any atom is -0.481 e. The van der Waals surface area contributed by atoms with Crippen molar-refractivity contribution in [1.82, 2.24) is 31.6 Å². The molecule has 7 amide bonds. The first-order valence-electron chi connectivity index (χ1n) is 19.6. The summed E-state index contributed by atoms with van der Waals surface area (Å²) in [6.07, 6.45) is -3.97. The van der Waals surface area contributed by atoms with Gasteiger partial charge in [-0.2, -0.15) is 0 Å². The average molecular weight is 1010 g/mol. The highest BCUT2D eigenvalue weighted by Gasteiger charge is 2.34. The zero-order valence-electron chi connectivity index (χ0n) is 33.8. The topological polar surface area (TPSA) is 358 Å². The van der Waals surface area contributed by atoms with E-state index < -0.39 is 128 Å². The molecule has 2 aromatic rings. The molecule has 2 aromatic carbocycles. The van der Waals surface area contributed by atoms with Gasteiger partial charge in [-0.25, -0.2) is 9.59 Å². The molecule has 1 saturated heterocycles. The molecule has 24 heteroatoms. The van der Waals surface area contributed by atoms with Gasteiger partial charge in [0.05, 0.1) is 5.56 Å². The van der Waals surface area contributed by atoms with Gasteiger partial charge in [0.1, 0.15) is 24.2 Å². The summed E-state index contributed by atoms with van der Waals surface area (Å²) < 4.78 is 0.843. The molecule has 344 valence electrons. The molecule has 0 saturated carbocycles. The summed E-state index contributed by atoms with van der Waals surface area (Å²) in [7, 11) is 0. The van der Waals surface area contributed by atoms with E-state index in [9.17, 15) is 78.0 Å². The Bertz CT molecular complexity index is 2130. The van der Waals surface area contributed by atoms with Gasteiger partial charge in [-0.3, -0.25) is 47.9 Å². The average Bonchev–Trinajstić information content (AvgIpc) is 3.56. The van der Waals surface area contributed by atoms with Crippen molar-refractivity contribution >= 4 is 93.8 Å². The molecule has 1 heterocycles. The lowest BCUT2D eigenvalue weighted by Crippen LogP contribution is -2.58. The van der Waals surface area contributed by atoms with Crippen molar-refractivity contribution in [3.8, 4) is 0 Å². The van der Waals surface area contributed by atoms with E-state index in [1.54, 1.807) is 24.3 Å². The lowest BCUT2D eigenvalue weighted by molar-refractivity contribution is -0.172. The second-order valence-electron chi connectivity index (χ2n) is 14.1. The second kappa shape index (κ2) is 25.2. The van der Waals surface area contributed by atoms with Crippen LogP contribution >= 0.6 is 22.6 Å². The van der Waals surface area contributed by atoms with Crippen molar-refractivity contribution in [2.75, 3.05) is 6.54 Å². The standard InChI is InChI=1S/C40H45IN6O17/c41-24-8-4-6-22(20-24)34(56)42-18-2-1-9-28(39(61)62)46-38(60)27(12-17-33(54)55)45-37(59)26(11-16-32(52)53)44-36(58)25(10-15-31(50)51)43-35(57)21-5-3-7-23(19-21)40(63)64-47-29(48)13-14-30(47)49/h3-8,19-20,25-28H,1-2,9-18H2,(H,42,56)(H,43,57)(H,44,58)(H,45,59)(H,46,60)(H,50,51)(H,52,53)(H,54,55)(H,61,62)/t25-,26-,27-,28-/m0/s1/i41-2. The van der Waals surface area contributed by atoms with Crippen LogP contribution in [0.2, 0.25) is 0 Å². The minimum absolute atomic E-state index is 0.143. The molecule has 3 rings (SSSR count). The number of hydroxylamine groups is 2. The lowest BCUT2D eigenvalue weighted by atomic mass is 10.0. The number of nitrogens with zero attached hydrogens (tertiary/aromatic N) is 1. The van der Waals surface area contributed by atoms with E-state index in [2.05, 4.69) is 49.2 Å². The third-order valence-electron chi connectivity index (χ3n) is 9.28. The van der Waals surface area contributed by atoms with Crippen LogP contribution in [-0.2, 0) is 48.0 Å². The minimum atomic E-state index is -1.80. The van der Waals surface area contributed by atoms with E-state index in [0.717, 1.165) is 9.64 Å². The van der Waals surface area contributed by atoms with E-state index in [1.807, 2.05) is 0 Å². The Morgan fingerprint density at radius 2 is 1.03 bits per heavy atom. The van der Waals surface area contributed by atoms with Gasteiger partial charge in [0.25, 0.3) is 23.6 Å². The highest BCUT2D eigenvalue weighted by Crippen LogP contribution is 2.16. The summed E-state index contributed by atoms with van der Waals surface area (Å²) in [6, 6.07) is 4.61. The van der Waals surface area contributed by atoms with Gasteiger partial charge >= 0.3 is 29.8 Å².